The Morgan fingerprint density at radius 1 is 1.28 bits per heavy atom. The van der Waals surface area contributed by atoms with Gasteiger partial charge in [-0.1, -0.05) is 6.92 Å². The standard InChI is InChI=1S/C14H28N2O2/c1-3-5-15-14(13-4-7-17-11-13)9-16-6-8-18-10-12(16)2/h12-15H,3-11H2,1-2H3. The lowest BCUT2D eigenvalue weighted by Gasteiger charge is -2.37. The lowest BCUT2D eigenvalue weighted by molar-refractivity contribution is -0.00768. The first-order valence-corrected chi connectivity index (χ1v) is 7.44. The summed E-state index contributed by atoms with van der Waals surface area (Å²) in [4.78, 5) is 2.56. The van der Waals surface area contributed by atoms with Gasteiger partial charge < -0.3 is 14.8 Å². The quantitative estimate of drug-likeness (QED) is 0.772. The molecule has 2 fully saturated rings. The molecular formula is C14H28N2O2. The topological polar surface area (TPSA) is 33.7 Å². The average molecular weight is 256 g/mol. The van der Waals surface area contributed by atoms with E-state index >= 15 is 0 Å². The predicted molar refractivity (Wildman–Crippen MR) is 72.9 cm³/mol. The molecule has 0 spiro atoms. The van der Waals surface area contributed by atoms with Crippen molar-refractivity contribution in [1.82, 2.24) is 10.2 Å². The van der Waals surface area contributed by atoms with E-state index in [1.807, 2.05) is 0 Å². The summed E-state index contributed by atoms with van der Waals surface area (Å²) in [5, 5.41) is 3.72. The zero-order valence-corrected chi connectivity index (χ0v) is 11.9. The summed E-state index contributed by atoms with van der Waals surface area (Å²) in [7, 11) is 0. The van der Waals surface area contributed by atoms with Crippen LogP contribution < -0.4 is 5.32 Å². The van der Waals surface area contributed by atoms with Crippen molar-refractivity contribution in [2.45, 2.75) is 38.8 Å². The molecule has 2 aliphatic rings. The minimum Gasteiger partial charge on any atom is -0.381 e. The van der Waals surface area contributed by atoms with Gasteiger partial charge in [0.05, 0.1) is 19.8 Å². The van der Waals surface area contributed by atoms with E-state index < -0.39 is 0 Å². The Kier molecular flexibility index (Phi) is 5.89. The van der Waals surface area contributed by atoms with Crippen molar-refractivity contribution in [2.24, 2.45) is 5.92 Å². The van der Waals surface area contributed by atoms with E-state index in [4.69, 9.17) is 9.47 Å². The number of nitrogens with zero attached hydrogens (tertiary/aromatic N) is 1. The monoisotopic (exact) mass is 256 g/mol. The highest BCUT2D eigenvalue weighted by Gasteiger charge is 2.29. The number of hydrogen-bond donors (Lipinski definition) is 1. The third-order valence-corrected chi connectivity index (χ3v) is 4.13. The first kappa shape index (κ1) is 14.3. The van der Waals surface area contributed by atoms with Gasteiger partial charge in [0.25, 0.3) is 0 Å². The van der Waals surface area contributed by atoms with Crippen LogP contribution in [0.1, 0.15) is 26.7 Å². The molecule has 3 unspecified atom stereocenters. The van der Waals surface area contributed by atoms with E-state index in [0.29, 0.717) is 18.0 Å². The van der Waals surface area contributed by atoms with Gasteiger partial charge in [0.2, 0.25) is 0 Å². The van der Waals surface area contributed by atoms with E-state index in [-0.39, 0.29) is 0 Å². The first-order valence-electron chi connectivity index (χ1n) is 7.44. The average Bonchev–Trinajstić information content (AvgIpc) is 2.90. The molecule has 0 aromatic carbocycles. The number of morpholine rings is 1. The molecule has 0 bridgehead atoms. The molecule has 0 aromatic rings. The largest absolute Gasteiger partial charge is 0.381 e. The lowest BCUT2D eigenvalue weighted by atomic mass is 9.97. The summed E-state index contributed by atoms with van der Waals surface area (Å²) >= 11 is 0. The Morgan fingerprint density at radius 2 is 2.11 bits per heavy atom. The van der Waals surface area contributed by atoms with Crippen molar-refractivity contribution in [3.05, 3.63) is 0 Å². The van der Waals surface area contributed by atoms with Crippen molar-refractivity contribution in [2.75, 3.05) is 46.1 Å². The zero-order chi connectivity index (χ0) is 12.8. The van der Waals surface area contributed by atoms with Gasteiger partial charge in [0.15, 0.2) is 0 Å². The number of nitrogens with one attached hydrogen (secondary N) is 1. The Hall–Kier alpha value is -0.160. The Morgan fingerprint density at radius 3 is 2.78 bits per heavy atom. The molecule has 0 saturated carbocycles. The van der Waals surface area contributed by atoms with Crippen molar-refractivity contribution >= 4 is 0 Å². The Bertz CT molecular complexity index is 232. The van der Waals surface area contributed by atoms with Crippen molar-refractivity contribution in [3.8, 4) is 0 Å². The van der Waals surface area contributed by atoms with E-state index in [1.165, 1.54) is 12.8 Å². The molecule has 2 aliphatic heterocycles. The van der Waals surface area contributed by atoms with Gasteiger partial charge >= 0.3 is 0 Å². The molecule has 0 amide bonds. The van der Waals surface area contributed by atoms with Gasteiger partial charge in [-0.15, -0.1) is 0 Å². The SMILES string of the molecule is CCCNC(CN1CCOCC1C)C1CCOC1. The number of hydrogen-bond acceptors (Lipinski definition) is 4. The molecule has 1 N–H and O–H groups in total. The predicted octanol–water partition coefficient (Wildman–Crippen LogP) is 1.11. The fourth-order valence-electron chi connectivity index (χ4n) is 2.87. The third-order valence-electron chi connectivity index (χ3n) is 4.13. The Balaban J connectivity index is 1.86. The molecule has 4 nitrogen and oxygen atoms in total. The molecular weight excluding hydrogens is 228 g/mol. The minimum absolute atomic E-state index is 0.548. The van der Waals surface area contributed by atoms with Gasteiger partial charge in [0.1, 0.15) is 0 Å². The van der Waals surface area contributed by atoms with Crippen molar-refractivity contribution in [3.63, 3.8) is 0 Å². The van der Waals surface area contributed by atoms with Gasteiger partial charge in [0, 0.05) is 37.7 Å². The normalized spacial score (nSPS) is 31.7. The first-order chi connectivity index (χ1) is 8.81. The van der Waals surface area contributed by atoms with Crippen LogP contribution in [-0.2, 0) is 9.47 Å². The molecule has 3 atom stereocenters. The number of ether oxygens (including phenoxy) is 2. The van der Waals surface area contributed by atoms with Crippen LogP contribution in [-0.4, -0.2) is 63.0 Å². The molecule has 106 valence electrons. The highest BCUT2D eigenvalue weighted by atomic mass is 16.5. The number of rotatable bonds is 6. The van der Waals surface area contributed by atoms with E-state index in [1.54, 1.807) is 0 Å². The van der Waals surface area contributed by atoms with E-state index in [0.717, 1.165) is 46.1 Å². The second kappa shape index (κ2) is 7.43. The second-order valence-electron chi connectivity index (χ2n) is 5.60. The summed E-state index contributed by atoms with van der Waals surface area (Å²) in [5.74, 6) is 0.687. The second-order valence-corrected chi connectivity index (χ2v) is 5.60. The van der Waals surface area contributed by atoms with Crippen LogP contribution in [0.2, 0.25) is 0 Å². The van der Waals surface area contributed by atoms with Crippen LogP contribution in [0.15, 0.2) is 0 Å². The van der Waals surface area contributed by atoms with E-state index in [9.17, 15) is 0 Å². The van der Waals surface area contributed by atoms with E-state index in [2.05, 4.69) is 24.1 Å². The molecule has 4 heteroatoms. The minimum atomic E-state index is 0.548. The Labute approximate surface area is 111 Å². The van der Waals surface area contributed by atoms with Crippen molar-refractivity contribution in [1.29, 1.82) is 0 Å². The summed E-state index contributed by atoms with van der Waals surface area (Å²) in [6.45, 7) is 11.4. The smallest absolute Gasteiger partial charge is 0.0619 e. The molecule has 2 heterocycles. The maximum atomic E-state index is 5.55. The summed E-state index contributed by atoms with van der Waals surface area (Å²) < 4.78 is 11.1. The highest BCUT2D eigenvalue weighted by molar-refractivity contribution is 4.84. The van der Waals surface area contributed by atoms with Gasteiger partial charge in [-0.25, -0.2) is 0 Å². The van der Waals surface area contributed by atoms with Crippen LogP contribution in [0.5, 0.6) is 0 Å². The fraction of sp³-hybridized carbons (Fsp3) is 1.00. The summed E-state index contributed by atoms with van der Waals surface area (Å²) in [6.07, 6.45) is 2.41. The zero-order valence-electron chi connectivity index (χ0n) is 11.9. The summed E-state index contributed by atoms with van der Waals surface area (Å²) in [5.41, 5.74) is 0. The third kappa shape index (κ3) is 3.92. The maximum absolute atomic E-state index is 5.55. The molecule has 18 heavy (non-hydrogen) atoms. The molecule has 0 radical (unpaired) electrons. The maximum Gasteiger partial charge on any atom is 0.0619 e. The van der Waals surface area contributed by atoms with Crippen LogP contribution in [0, 0.1) is 5.92 Å². The van der Waals surface area contributed by atoms with Crippen LogP contribution >= 0.6 is 0 Å². The molecule has 0 aliphatic carbocycles. The lowest BCUT2D eigenvalue weighted by Crippen LogP contribution is -2.52. The fourth-order valence-corrected chi connectivity index (χ4v) is 2.87. The summed E-state index contributed by atoms with van der Waals surface area (Å²) in [6, 6.07) is 1.12. The van der Waals surface area contributed by atoms with Gasteiger partial charge in [-0.05, 0) is 26.3 Å². The van der Waals surface area contributed by atoms with Gasteiger partial charge in [-0.3, -0.25) is 4.90 Å². The molecule has 2 rings (SSSR count). The van der Waals surface area contributed by atoms with Gasteiger partial charge in [-0.2, -0.15) is 0 Å². The molecule has 2 saturated heterocycles. The van der Waals surface area contributed by atoms with Crippen molar-refractivity contribution < 1.29 is 9.47 Å². The highest BCUT2D eigenvalue weighted by Crippen LogP contribution is 2.19. The van der Waals surface area contributed by atoms with Crippen LogP contribution in [0.4, 0.5) is 0 Å². The van der Waals surface area contributed by atoms with Crippen LogP contribution in [0.25, 0.3) is 0 Å². The molecule has 0 aromatic heterocycles. The van der Waals surface area contributed by atoms with Crippen LogP contribution in [0.3, 0.4) is 0 Å².